The zero-order chi connectivity index (χ0) is 10.9. The fourth-order valence-corrected chi connectivity index (χ4v) is 2.58. The molecule has 0 amide bonds. The van der Waals surface area contributed by atoms with Crippen molar-refractivity contribution in [1.82, 2.24) is 4.90 Å². The maximum absolute atomic E-state index is 10.8. The van der Waals surface area contributed by atoms with Crippen molar-refractivity contribution in [3.63, 3.8) is 0 Å². The van der Waals surface area contributed by atoms with E-state index in [0.717, 1.165) is 19.3 Å². The average molecular weight is 235 g/mol. The number of hydrogen-bond donors (Lipinski definition) is 0. The van der Waals surface area contributed by atoms with E-state index in [1.54, 1.807) is 0 Å². The third-order valence-corrected chi connectivity index (χ3v) is 3.49. The Morgan fingerprint density at radius 2 is 2.33 bits per heavy atom. The molecular weight excluding hydrogens is 218 g/mol. The number of hydrogen-bond acceptors (Lipinski definition) is 5. The molecule has 2 atom stereocenters. The van der Waals surface area contributed by atoms with Crippen LogP contribution in [-0.2, 0) is 19.0 Å². The summed E-state index contributed by atoms with van der Waals surface area (Å²) in [6.45, 7) is 2.74. The lowest BCUT2D eigenvalue weighted by Gasteiger charge is -2.34. The highest BCUT2D eigenvalue weighted by atomic mass is 32.2. The fraction of sp³-hybridized carbons (Fsp3) is 1.00. The topological polar surface area (TPSA) is 55.8 Å². The molecule has 2 rings (SSSR count). The van der Waals surface area contributed by atoms with Gasteiger partial charge in [-0.2, -0.15) is 8.42 Å². The number of morpholine rings is 1. The number of ether oxygens (including phenoxy) is 1. The molecule has 5 nitrogen and oxygen atoms in total. The molecule has 15 heavy (non-hydrogen) atoms. The summed E-state index contributed by atoms with van der Waals surface area (Å²) in [5.74, 6) is 0. The lowest BCUT2D eigenvalue weighted by atomic mass is 10.2. The van der Waals surface area contributed by atoms with Gasteiger partial charge in [0.1, 0.15) is 0 Å². The Morgan fingerprint density at radius 1 is 1.53 bits per heavy atom. The molecule has 0 radical (unpaired) electrons. The van der Waals surface area contributed by atoms with E-state index >= 15 is 0 Å². The maximum atomic E-state index is 10.8. The zero-order valence-electron chi connectivity index (χ0n) is 8.89. The van der Waals surface area contributed by atoms with E-state index in [-0.39, 0.29) is 12.7 Å². The van der Waals surface area contributed by atoms with Crippen molar-refractivity contribution in [1.29, 1.82) is 0 Å². The van der Waals surface area contributed by atoms with E-state index in [1.165, 1.54) is 12.8 Å². The van der Waals surface area contributed by atoms with Gasteiger partial charge in [-0.05, 0) is 19.4 Å². The molecule has 2 aliphatic rings. The van der Waals surface area contributed by atoms with Crippen molar-refractivity contribution in [2.24, 2.45) is 0 Å². The molecule has 2 saturated heterocycles. The molecule has 0 N–H and O–H groups in total. The highest BCUT2D eigenvalue weighted by Crippen LogP contribution is 2.22. The molecule has 0 aliphatic carbocycles. The minimum atomic E-state index is -3.34. The summed E-state index contributed by atoms with van der Waals surface area (Å²) in [5.41, 5.74) is 0. The first-order chi connectivity index (χ1) is 7.04. The van der Waals surface area contributed by atoms with Gasteiger partial charge in [0.05, 0.1) is 25.6 Å². The Labute approximate surface area is 90.5 Å². The molecule has 0 aromatic carbocycles. The van der Waals surface area contributed by atoms with Crippen LogP contribution in [0.5, 0.6) is 0 Å². The van der Waals surface area contributed by atoms with Crippen LogP contribution >= 0.6 is 0 Å². The zero-order valence-corrected chi connectivity index (χ0v) is 9.70. The number of rotatable bonds is 3. The molecule has 0 saturated carbocycles. The lowest BCUT2D eigenvalue weighted by Crippen LogP contribution is -2.47. The SMILES string of the molecule is CS(=O)(=O)OCC1CN2CCCC2CO1. The van der Waals surface area contributed by atoms with Crippen LogP contribution in [0.2, 0.25) is 0 Å². The molecule has 2 aliphatic heterocycles. The fourth-order valence-electron chi connectivity index (χ4n) is 2.19. The van der Waals surface area contributed by atoms with Gasteiger partial charge in [-0.3, -0.25) is 9.08 Å². The molecule has 0 bridgehead atoms. The number of nitrogens with zero attached hydrogens (tertiary/aromatic N) is 1. The van der Waals surface area contributed by atoms with Crippen LogP contribution in [0.25, 0.3) is 0 Å². The summed E-state index contributed by atoms with van der Waals surface area (Å²) in [7, 11) is -3.34. The van der Waals surface area contributed by atoms with Crippen LogP contribution in [0.1, 0.15) is 12.8 Å². The van der Waals surface area contributed by atoms with Crippen LogP contribution in [0, 0.1) is 0 Å². The van der Waals surface area contributed by atoms with Gasteiger partial charge in [-0.1, -0.05) is 0 Å². The monoisotopic (exact) mass is 235 g/mol. The van der Waals surface area contributed by atoms with Gasteiger partial charge in [0.25, 0.3) is 10.1 Å². The summed E-state index contributed by atoms with van der Waals surface area (Å²) in [5, 5.41) is 0. The highest BCUT2D eigenvalue weighted by molar-refractivity contribution is 7.85. The Morgan fingerprint density at radius 3 is 3.07 bits per heavy atom. The Bertz CT molecular complexity index is 316. The molecule has 0 aromatic heterocycles. The second-order valence-corrected chi connectivity index (χ2v) is 5.88. The van der Waals surface area contributed by atoms with Crippen molar-refractivity contribution < 1.29 is 17.3 Å². The summed E-state index contributed by atoms with van der Waals surface area (Å²) >= 11 is 0. The first-order valence-corrected chi connectivity index (χ1v) is 7.06. The van der Waals surface area contributed by atoms with Crippen molar-refractivity contribution >= 4 is 10.1 Å². The number of fused-ring (bicyclic) bond motifs is 1. The second kappa shape index (κ2) is 4.37. The molecule has 0 spiro atoms. The molecule has 2 fully saturated rings. The van der Waals surface area contributed by atoms with Crippen molar-refractivity contribution in [3.8, 4) is 0 Å². The predicted octanol–water partition coefficient (Wildman–Crippen LogP) is -0.174. The van der Waals surface area contributed by atoms with Gasteiger partial charge in [0, 0.05) is 12.6 Å². The minimum absolute atomic E-state index is 0.103. The summed E-state index contributed by atoms with van der Waals surface area (Å²) < 4.78 is 31.9. The summed E-state index contributed by atoms with van der Waals surface area (Å²) in [4.78, 5) is 2.36. The lowest BCUT2D eigenvalue weighted by molar-refractivity contribution is -0.0644. The molecule has 88 valence electrons. The minimum Gasteiger partial charge on any atom is -0.373 e. The van der Waals surface area contributed by atoms with E-state index < -0.39 is 10.1 Å². The molecule has 2 heterocycles. The Kier molecular flexibility index (Phi) is 3.30. The van der Waals surface area contributed by atoms with E-state index in [1.807, 2.05) is 0 Å². The first-order valence-electron chi connectivity index (χ1n) is 5.24. The van der Waals surface area contributed by atoms with Gasteiger partial charge < -0.3 is 4.74 Å². The van der Waals surface area contributed by atoms with Crippen LogP contribution in [-0.4, -0.2) is 58.0 Å². The predicted molar refractivity (Wildman–Crippen MR) is 55.1 cm³/mol. The van der Waals surface area contributed by atoms with Crippen LogP contribution in [0.3, 0.4) is 0 Å². The third-order valence-electron chi connectivity index (χ3n) is 2.93. The normalized spacial score (nSPS) is 32.9. The van der Waals surface area contributed by atoms with Gasteiger partial charge in [0.15, 0.2) is 0 Å². The summed E-state index contributed by atoms with van der Waals surface area (Å²) in [6.07, 6.45) is 3.37. The van der Waals surface area contributed by atoms with Crippen molar-refractivity contribution in [3.05, 3.63) is 0 Å². The largest absolute Gasteiger partial charge is 0.373 e. The van der Waals surface area contributed by atoms with Crippen molar-refractivity contribution in [2.75, 3.05) is 32.6 Å². The van der Waals surface area contributed by atoms with Crippen molar-refractivity contribution in [2.45, 2.75) is 25.0 Å². The van der Waals surface area contributed by atoms with Crippen LogP contribution in [0.4, 0.5) is 0 Å². The molecular formula is C9H17NO4S. The third kappa shape index (κ3) is 3.14. The van der Waals surface area contributed by atoms with E-state index in [4.69, 9.17) is 8.92 Å². The maximum Gasteiger partial charge on any atom is 0.264 e. The van der Waals surface area contributed by atoms with Gasteiger partial charge in [-0.25, -0.2) is 0 Å². The Hall–Kier alpha value is -0.170. The Balaban J connectivity index is 1.80. The van der Waals surface area contributed by atoms with E-state index in [0.29, 0.717) is 12.6 Å². The molecule has 0 aromatic rings. The average Bonchev–Trinajstić information content (AvgIpc) is 2.60. The van der Waals surface area contributed by atoms with Crippen LogP contribution < -0.4 is 0 Å². The molecule has 2 unspecified atom stereocenters. The standard InChI is InChI=1S/C9H17NO4S/c1-15(11,12)14-7-9-5-10-4-2-3-8(10)6-13-9/h8-9H,2-7H2,1H3. The van der Waals surface area contributed by atoms with E-state index in [2.05, 4.69) is 4.90 Å². The van der Waals surface area contributed by atoms with Gasteiger partial charge in [-0.15, -0.1) is 0 Å². The van der Waals surface area contributed by atoms with Gasteiger partial charge >= 0.3 is 0 Å². The molecule has 6 heteroatoms. The first kappa shape index (κ1) is 11.3. The highest BCUT2D eigenvalue weighted by Gasteiger charge is 2.32. The van der Waals surface area contributed by atoms with Crippen LogP contribution in [0.15, 0.2) is 0 Å². The van der Waals surface area contributed by atoms with Gasteiger partial charge in [0.2, 0.25) is 0 Å². The van der Waals surface area contributed by atoms with E-state index in [9.17, 15) is 8.42 Å². The smallest absolute Gasteiger partial charge is 0.264 e. The summed E-state index contributed by atoms with van der Waals surface area (Å²) in [6, 6.07) is 0.541. The second-order valence-electron chi connectivity index (χ2n) is 4.23. The quantitative estimate of drug-likeness (QED) is 0.635.